The number of methoxy groups -OCH3 is 1. The monoisotopic (exact) mass is 349 g/mol. The molecule has 1 saturated heterocycles. The molecular formula is C20H35N3O2+2. The van der Waals surface area contributed by atoms with E-state index in [0.717, 1.165) is 51.3 Å². The fraction of sp³-hybridized carbons (Fsp3) is 0.650. The third kappa shape index (κ3) is 6.33. The number of quaternary nitrogens is 2. The second-order valence-electron chi connectivity index (χ2n) is 7.43. The topological polar surface area (TPSA) is 47.2 Å². The highest BCUT2D eigenvalue weighted by atomic mass is 16.5. The Labute approximate surface area is 152 Å². The zero-order valence-electron chi connectivity index (χ0n) is 16.3. The summed E-state index contributed by atoms with van der Waals surface area (Å²) in [5.74, 6) is 1.18. The molecule has 0 radical (unpaired) electrons. The Bertz CT molecular complexity index is 554. The van der Waals surface area contributed by atoms with Crippen molar-refractivity contribution in [1.29, 1.82) is 0 Å². The number of piperazine rings is 1. The van der Waals surface area contributed by atoms with E-state index in [1.54, 1.807) is 12.0 Å². The number of ether oxygens (including phenoxy) is 1. The van der Waals surface area contributed by atoms with Gasteiger partial charge in [-0.05, 0) is 32.4 Å². The molecule has 0 aromatic heterocycles. The molecule has 1 aliphatic rings. The number of aryl methyl sites for hydroxylation is 1. The van der Waals surface area contributed by atoms with Crippen molar-refractivity contribution in [2.75, 3.05) is 39.8 Å². The minimum atomic E-state index is 0.194. The molecule has 3 N–H and O–H groups in total. The van der Waals surface area contributed by atoms with Crippen molar-refractivity contribution in [3.05, 3.63) is 29.3 Å². The zero-order chi connectivity index (χ0) is 18.2. The Morgan fingerprint density at radius 1 is 1.24 bits per heavy atom. The molecule has 0 unspecified atom stereocenters. The van der Waals surface area contributed by atoms with E-state index in [1.165, 1.54) is 16.0 Å². The van der Waals surface area contributed by atoms with Crippen LogP contribution in [0.25, 0.3) is 0 Å². The van der Waals surface area contributed by atoms with Gasteiger partial charge in [0.25, 0.3) is 5.91 Å². The summed E-state index contributed by atoms with van der Waals surface area (Å²) >= 11 is 0. The van der Waals surface area contributed by atoms with Crippen molar-refractivity contribution in [3.8, 4) is 5.75 Å². The minimum absolute atomic E-state index is 0.194. The Hall–Kier alpha value is -1.59. The van der Waals surface area contributed by atoms with Gasteiger partial charge in [-0.2, -0.15) is 0 Å². The number of carbonyl (C=O) groups excluding carboxylic acids is 1. The first-order valence-electron chi connectivity index (χ1n) is 9.61. The number of rotatable bonds is 8. The number of hydrogen-bond donors (Lipinski definition) is 3. The Balaban J connectivity index is 1.78. The van der Waals surface area contributed by atoms with Crippen molar-refractivity contribution in [3.63, 3.8) is 0 Å². The highest BCUT2D eigenvalue weighted by molar-refractivity contribution is 5.77. The van der Waals surface area contributed by atoms with E-state index in [-0.39, 0.29) is 11.9 Å². The zero-order valence-corrected chi connectivity index (χ0v) is 16.3. The van der Waals surface area contributed by atoms with Gasteiger partial charge in [-0.3, -0.25) is 4.79 Å². The molecule has 0 bridgehead atoms. The molecule has 0 spiro atoms. The fourth-order valence-electron chi connectivity index (χ4n) is 3.68. The third-order valence-corrected chi connectivity index (χ3v) is 5.08. The van der Waals surface area contributed by atoms with Crippen molar-refractivity contribution in [2.45, 2.75) is 46.2 Å². The maximum Gasteiger partial charge on any atom is 0.275 e. The van der Waals surface area contributed by atoms with Crippen LogP contribution in [-0.2, 0) is 11.3 Å². The lowest BCUT2D eigenvalue weighted by molar-refractivity contribution is -1.02. The maximum absolute atomic E-state index is 12.1. The average Bonchev–Trinajstić information content (AvgIpc) is 2.57. The van der Waals surface area contributed by atoms with Crippen LogP contribution in [0.5, 0.6) is 5.75 Å². The van der Waals surface area contributed by atoms with Gasteiger partial charge in [0.1, 0.15) is 38.5 Å². The molecule has 5 heteroatoms. The summed E-state index contributed by atoms with van der Waals surface area (Å²) in [5.41, 5.74) is 2.56. The van der Waals surface area contributed by atoms with Crippen LogP contribution in [0.2, 0.25) is 0 Å². The molecule has 1 atom stereocenters. The lowest BCUT2D eigenvalue weighted by Crippen LogP contribution is -3.28. The van der Waals surface area contributed by atoms with Gasteiger partial charge >= 0.3 is 0 Å². The lowest BCUT2D eigenvalue weighted by atomic mass is 10.1. The van der Waals surface area contributed by atoms with E-state index in [0.29, 0.717) is 6.54 Å². The number of carbonyl (C=O) groups is 1. The van der Waals surface area contributed by atoms with Crippen molar-refractivity contribution < 1.29 is 19.3 Å². The number of amides is 1. The largest absolute Gasteiger partial charge is 0.496 e. The summed E-state index contributed by atoms with van der Waals surface area (Å²) in [7, 11) is 1.74. The first kappa shape index (κ1) is 19.7. The van der Waals surface area contributed by atoms with E-state index in [1.807, 2.05) is 0 Å². The number of nitrogens with one attached hydrogen (secondary N) is 3. The van der Waals surface area contributed by atoms with E-state index in [4.69, 9.17) is 4.74 Å². The van der Waals surface area contributed by atoms with Gasteiger partial charge in [-0.15, -0.1) is 0 Å². The van der Waals surface area contributed by atoms with Crippen LogP contribution >= 0.6 is 0 Å². The molecule has 0 aliphatic carbocycles. The van der Waals surface area contributed by atoms with E-state index in [2.05, 4.69) is 44.3 Å². The summed E-state index contributed by atoms with van der Waals surface area (Å²) in [6.07, 6.45) is 2.16. The molecule has 1 fully saturated rings. The van der Waals surface area contributed by atoms with Crippen LogP contribution in [0.4, 0.5) is 0 Å². The summed E-state index contributed by atoms with van der Waals surface area (Å²) in [5, 5.41) is 3.12. The Kier molecular flexibility index (Phi) is 7.72. The molecule has 1 aromatic rings. The van der Waals surface area contributed by atoms with E-state index in [9.17, 15) is 4.79 Å². The molecule has 1 aromatic carbocycles. The van der Waals surface area contributed by atoms with Crippen molar-refractivity contribution in [1.82, 2.24) is 5.32 Å². The standard InChI is InChI=1S/C20H33N3O2/c1-5-6-17(3)21-20(24)15-23-11-9-22(10-12-23)14-18-13-16(2)7-8-19(18)25-4/h7-8,13,17H,5-6,9-12,14-15H2,1-4H3,(H,21,24)/p+2/t17-/m1/s1. The molecule has 1 aliphatic heterocycles. The SMILES string of the molecule is CCC[C@@H](C)NC(=O)C[NH+]1CC[NH+](Cc2cc(C)ccc2OC)CC1. The number of hydrogen-bond acceptors (Lipinski definition) is 2. The first-order chi connectivity index (χ1) is 12.0. The average molecular weight is 350 g/mol. The van der Waals surface area contributed by atoms with Crippen LogP contribution in [0.15, 0.2) is 18.2 Å². The predicted molar refractivity (Wildman–Crippen MR) is 100 cm³/mol. The van der Waals surface area contributed by atoms with Crippen molar-refractivity contribution >= 4 is 5.91 Å². The van der Waals surface area contributed by atoms with Crippen molar-refractivity contribution in [2.24, 2.45) is 0 Å². The molecule has 1 heterocycles. The van der Waals surface area contributed by atoms with Gasteiger partial charge in [0.2, 0.25) is 0 Å². The van der Waals surface area contributed by atoms with Crippen LogP contribution < -0.4 is 19.9 Å². The van der Waals surface area contributed by atoms with Gasteiger partial charge in [0.15, 0.2) is 6.54 Å². The highest BCUT2D eigenvalue weighted by Gasteiger charge is 2.25. The molecule has 140 valence electrons. The van der Waals surface area contributed by atoms with E-state index < -0.39 is 0 Å². The first-order valence-corrected chi connectivity index (χ1v) is 9.61. The second-order valence-corrected chi connectivity index (χ2v) is 7.43. The number of benzene rings is 1. The van der Waals surface area contributed by atoms with Gasteiger partial charge < -0.3 is 19.9 Å². The maximum atomic E-state index is 12.1. The molecule has 1 amide bonds. The lowest BCUT2D eigenvalue weighted by Gasteiger charge is -2.30. The van der Waals surface area contributed by atoms with E-state index >= 15 is 0 Å². The third-order valence-electron chi connectivity index (χ3n) is 5.08. The summed E-state index contributed by atoms with van der Waals surface area (Å²) in [4.78, 5) is 15.1. The fourth-order valence-corrected chi connectivity index (χ4v) is 3.68. The molecule has 5 nitrogen and oxygen atoms in total. The summed E-state index contributed by atoms with van der Waals surface area (Å²) in [6.45, 7) is 12.3. The Morgan fingerprint density at radius 2 is 1.92 bits per heavy atom. The van der Waals surface area contributed by atoms with Crippen LogP contribution in [0.3, 0.4) is 0 Å². The van der Waals surface area contributed by atoms with Gasteiger partial charge in [-0.25, -0.2) is 0 Å². The molecular weight excluding hydrogens is 314 g/mol. The quantitative estimate of drug-likeness (QED) is 0.598. The smallest absolute Gasteiger partial charge is 0.275 e. The van der Waals surface area contributed by atoms with Gasteiger partial charge in [0.05, 0.1) is 7.11 Å². The Morgan fingerprint density at radius 3 is 2.56 bits per heavy atom. The van der Waals surface area contributed by atoms with Gasteiger partial charge in [0, 0.05) is 11.6 Å². The highest BCUT2D eigenvalue weighted by Crippen LogP contribution is 2.18. The summed E-state index contributed by atoms with van der Waals surface area (Å²) < 4.78 is 5.50. The normalized spacial score (nSPS) is 21.6. The van der Waals surface area contributed by atoms with Gasteiger partial charge in [-0.1, -0.05) is 25.0 Å². The molecule has 25 heavy (non-hydrogen) atoms. The second kappa shape index (κ2) is 9.78. The molecule has 0 saturated carbocycles. The molecule has 2 rings (SSSR count). The van der Waals surface area contributed by atoms with Crippen LogP contribution in [0, 0.1) is 6.92 Å². The van der Waals surface area contributed by atoms with Crippen LogP contribution in [-0.4, -0.2) is 51.8 Å². The van der Waals surface area contributed by atoms with Crippen LogP contribution in [0.1, 0.15) is 37.8 Å². The predicted octanol–water partition coefficient (Wildman–Crippen LogP) is -0.408. The summed E-state index contributed by atoms with van der Waals surface area (Å²) in [6, 6.07) is 6.68. The minimum Gasteiger partial charge on any atom is -0.496 e.